The van der Waals surface area contributed by atoms with Gasteiger partial charge in [0.15, 0.2) is 0 Å². The molecule has 4 N–H and O–H groups in total. The molecule has 0 aromatic heterocycles. The second-order valence-corrected chi connectivity index (χ2v) is 5.07. The number of phenols is 1. The van der Waals surface area contributed by atoms with E-state index in [1.54, 1.807) is 18.2 Å². The topological polar surface area (TPSA) is 84.6 Å². The summed E-state index contributed by atoms with van der Waals surface area (Å²) in [5.41, 5.74) is 6.56. The van der Waals surface area contributed by atoms with Crippen molar-refractivity contribution < 1.29 is 14.6 Å². The fourth-order valence-corrected chi connectivity index (χ4v) is 2.28. The van der Waals surface area contributed by atoms with E-state index >= 15 is 0 Å². The number of ether oxygens (including phenoxy) is 1. The number of benzene rings is 1. The highest BCUT2D eigenvalue weighted by Gasteiger charge is 2.33. The van der Waals surface area contributed by atoms with Crippen molar-refractivity contribution in [2.24, 2.45) is 5.73 Å². The molecule has 0 bridgehead atoms. The molecule has 0 spiro atoms. The zero-order valence-corrected chi connectivity index (χ0v) is 11.1. The molecule has 2 rings (SSSR count). The van der Waals surface area contributed by atoms with E-state index in [0.717, 1.165) is 5.56 Å². The van der Waals surface area contributed by atoms with Crippen LogP contribution < -0.4 is 11.1 Å². The summed E-state index contributed by atoms with van der Waals surface area (Å²) < 4.78 is 5.30. The molecule has 0 radical (unpaired) electrons. The van der Waals surface area contributed by atoms with E-state index in [1.807, 2.05) is 6.92 Å². The van der Waals surface area contributed by atoms with Crippen LogP contribution in [-0.2, 0) is 4.74 Å². The molecule has 0 unspecified atom stereocenters. The highest BCUT2D eigenvalue weighted by atomic mass is 16.5. The Morgan fingerprint density at radius 1 is 1.47 bits per heavy atom. The highest BCUT2D eigenvalue weighted by molar-refractivity contribution is 5.97. The third kappa shape index (κ3) is 3.05. The molecule has 0 saturated carbocycles. The Labute approximate surface area is 112 Å². The van der Waals surface area contributed by atoms with Gasteiger partial charge in [0, 0.05) is 19.8 Å². The monoisotopic (exact) mass is 264 g/mol. The number of nitrogens with two attached hydrogens (primary N) is 1. The molecule has 104 valence electrons. The summed E-state index contributed by atoms with van der Waals surface area (Å²) >= 11 is 0. The van der Waals surface area contributed by atoms with Gasteiger partial charge in [-0.3, -0.25) is 4.79 Å². The van der Waals surface area contributed by atoms with Gasteiger partial charge in [0.25, 0.3) is 5.91 Å². The van der Waals surface area contributed by atoms with Crippen LogP contribution in [0.15, 0.2) is 18.2 Å². The number of aryl methyl sites for hydroxylation is 1. The molecular weight excluding hydrogens is 244 g/mol. The van der Waals surface area contributed by atoms with E-state index in [2.05, 4.69) is 5.32 Å². The first-order valence-corrected chi connectivity index (χ1v) is 6.46. The molecule has 1 heterocycles. The van der Waals surface area contributed by atoms with Crippen LogP contribution in [0.1, 0.15) is 28.8 Å². The van der Waals surface area contributed by atoms with Crippen LogP contribution in [-0.4, -0.2) is 36.3 Å². The van der Waals surface area contributed by atoms with E-state index in [-0.39, 0.29) is 17.2 Å². The Balaban J connectivity index is 2.15. The number of phenolic OH excluding ortho intramolecular Hbond substituents is 1. The number of carbonyl (C=O) groups is 1. The van der Waals surface area contributed by atoms with Crippen molar-refractivity contribution in [1.82, 2.24) is 5.32 Å². The molecule has 1 aliphatic rings. The predicted molar refractivity (Wildman–Crippen MR) is 72.1 cm³/mol. The lowest BCUT2D eigenvalue weighted by molar-refractivity contribution is 0.0388. The molecule has 0 aliphatic carbocycles. The van der Waals surface area contributed by atoms with Crippen molar-refractivity contribution in [1.29, 1.82) is 0 Å². The van der Waals surface area contributed by atoms with Crippen LogP contribution in [0.2, 0.25) is 0 Å². The molecule has 1 amide bonds. The van der Waals surface area contributed by atoms with Gasteiger partial charge < -0.3 is 20.9 Å². The molecule has 1 aromatic rings. The van der Waals surface area contributed by atoms with Gasteiger partial charge in [0.2, 0.25) is 0 Å². The second-order valence-electron chi connectivity index (χ2n) is 5.07. The van der Waals surface area contributed by atoms with Gasteiger partial charge >= 0.3 is 0 Å². The summed E-state index contributed by atoms with van der Waals surface area (Å²) in [6.45, 7) is 3.42. The number of hydrogen-bond acceptors (Lipinski definition) is 4. The Morgan fingerprint density at radius 2 is 2.16 bits per heavy atom. The summed E-state index contributed by atoms with van der Waals surface area (Å²) in [7, 11) is 0. The molecule has 0 atom stereocenters. The third-order valence-corrected chi connectivity index (χ3v) is 3.62. The molecule has 1 aromatic carbocycles. The average Bonchev–Trinajstić information content (AvgIpc) is 2.39. The molecule has 5 heteroatoms. The van der Waals surface area contributed by atoms with E-state index in [0.29, 0.717) is 32.6 Å². The van der Waals surface area contributed by atoms with Gasteiger partial charge in [0.1, 0.15) is 5.75 Å². The van der Waals surface area contributed by atoms with Gasteiger partial charge in [-0.1, -0.05) is 6.07 Å². The fraction of sp³-hybridized carbons (Fsp3) is 0.500. The SMILES string of the molecule is Cc1ccc(C(=O)NC2(CN)CCOCC2)c(O)c1. The minimum Gasteiger partial charge on any atom is -0.507 e. The number of amides is 1. The van der Waals surface area contributed by atoms with Gasteiger partial charge in [-0.25, -0.2) is 0 Å². The number of rotatable bonds is 3. The second kappa shape index (κ2) is 5.59. The fourth-order valence-electron chi connectivity index (χ4n) is 2.28. The van der Waals surface area contributed by atoms with Crippen molar-refractivity contribution in [2.45, 2.75) is 25.3 Å². The molecular formula is C14H20N2O3. The van der Waals surface area contributed by atoms with Crippen LogP contribution in [0.4, 0.5) is 0 Å². The maximum atomic E-state index is 12.2. The standard InChI is InChI=1S/C14H20N2O3/c1-10-2-3-11(12(17)8-10)13(18)16-14(9-15)4-6-19-7-5-14/h2-3,8,17H,4-7,9,15H2,1H3,(H,16,18). The number of carbonyl (C=O) groups excluding carboxylic acids is 1. The highest BCUT2D eigenvalue weighted by Crippen LogP contribution is 2.23. The first-order chi connectivity index (χ1) is 9.06. The molecule has 5 nitrogen and oxygen atoms in total. The summed E-state index contributed by atoms with van der Waals surface area (Å²) in [6.07, 6.45) is 1.39. The van der Waals surface area contributed by atoms with Crippen LogP contribution >= 0.6 is 0 Å². The third-order valence-electron chi connectivity index (χ3n) is 3.62. The van der Waals surface area contributed by atoms with Crippen LogP contribution in [0.3, 0.4) is 0 Å². The molecule has 19 heavy (non-hydrogen) atoms. The summed E-state index contributed by atoms with van der Waals surface area (Å²) in [6, 6.07) is 5.01. The van der Waals surface area contributed by atoms with Crippen molar-refractivity contribution in [3.63, 3.8) is 0 Å². The van der Waals surface area contributed by atoms with Gasteiger partial charge in [-0.2, -0.15) is 0 Å². The molecule has 1 aliphatic heterocycles. The van der Waals surface area contributed by atoms with Crippen molar-refractivity contribution >= 4 is 5.91 Å². The number of nitrogens with one attached hydrogen (secondary N) is 1. The van der Waals surface area contributed by atoms with Crippen molar-refractivity contribution in [3.8, 4) is 5.75 Å². The van der Waals surface area contributed by atoms with Crippen LogP contribution in [0, 0.1) is 6.92 Å². The normalized spacial score (nSPS) is 18.0. The van der Waals surface area contributed by atoms with E-state index in [9.17, 15) is 9.90 Å². The first-order valence-electron chi connectivity index (χ1n) is 6.46. The minimum absolute atomic E-state index is 0.00303. The smallest absolute Gasteiger partial charge is 0.255 e. The summed E-state index contributed by atoms with van der Waals surface area (Å²) in [4.78, 5) is 12.2. The molecule has 1 saturated heterocycles. The lowest BCUT2D eigenvalue weighted by atomic mass is 9.89. The summed E-state index contributed by atoms with van der Waals surface area (Å²) in [5.74, 6) is -0.290. The Bertz CT molecular complexity index is 468. The van der Waals surface area contributed by atoms with E-state index in [1.165, 1.54) is 0 Å². The van der Waals surface area contributed by atoms with Gasteiger partial charge in [-0.15, -0.1) is 0 Å². The first kappa shape index (κ1) is 13.8. The van der Waals surface area contributed by atoms with Gasteiger partial charge in [-0.05, 0) is 37.5 Å². The molecule has 1 fully saturated rings. The Kier molecular flexibility index (Phi) is 4.07. The van der Waals surface area contributed by atoms with E-state index in [4.69, 9.17) is 10.5 Å². The maximum Gasteiger partial charge on any atom is 0.255 e. The Morgan fingerprint density at radius 3 is 2.74 bits per heavy atom. The number of hydrogen-bond donors (Lipinski definition) is 3. The van der Waals surface area contributed by atoms with Crippen LogP contribution in [0.5, 0.6) is 5.75 Å². The lowest BCUT2D eigenvalue weighted by Crippen LogP contribution is -2.56. The van der Waals surface area contributed by atoms with Crippen LogP contribution in [0.25, 0.3) is 0 Å². The lowest BCUT2D eigenvalue weighted by Gasteiger charge is -2.37. The summed E-state index contributed by atoms with van der Waals surface area (Å²) in [5, 5.41) is 12.8. The van der Waals surface area contributed by atoms with Crippen molar-refractivity contribution in [2.75, 3.05) is 19.8 Å². The van der Waals surface area contributed by atoms with Gasteiger partial charge in [0.05, 0.1) is 11.1 Å². The maximum absolute atomic E-state index is 12.2. The largest absolute Gasteiger partial charge is 0.507 e. The zero-order chi connectivity index (χ0) is 13.9. The Hall–Kier alpha value is -1.59. The zero-order valence-electron chi connectivity index (χ0n) is 11.1. The number of aromatic hydroxyl groups is 1. The van der Waals surface area contributed by atoms with E-state index < -0.39 is 5.54 Å². The van der Waals surface area contributed by atoms with Crippen molar-refractivity contribution in [3.05, 3.63) is 29.3 Å². The quantitative estimate of drug-likeness (QED) is 0.758. The minimum atomic E-state index is -0.424. The predicted octanol–water partition coefficient (Wildman–Crippen LogP) is 0.938. The average molecular weight is 264 g/mol.